The second kappa shape index (κ2) is 3.75. The average Bonchev–Trinajstić information content (AvgIpc) is 2.45. The van der Waals surface area contributed by atoms with Crippen LogP contribution in [0.4, 0.5) is 0 Å². The van der Waals surface area contributed by atoms with Gasteiger partial charge in [-0.2, -0.15) is 0 Å². The Bertz CT molecular complexity index is 413. The summed E-state index contributed by atoms with van der Waals surface area (Å²) in [5.41, 5.74) is 5.65. The highest BCUT2D eigenvalue weighted by Crippen LogP contribution is 2.22. The molecule has 3 nitrogen and oxygen atoms in total. The molecule has 2 N–H and O–H groups in total. The van der Waals surface area contributed by atoms with Crippen LogP contribution in [0.25, 0.3) is 0 Å². The van der Waals surface area contributed by atoms with E-state index < -0.39 is 0 Å². The maximum Gasteiger partial charge on any atom is 0.119 e. The molecule has 0 unspecified atom stereocenters. The van der Waals surface area contributed by atoms with Crippen molar-refractivity contribution in [1.29, 1.82) is 0 Å². The van der Waals surface area contributed by atoms with Crippen molar-refractivity contribution in [3.63, 3.8) is 0 Å². The van der Waals surface area contributed by atoms with Gasteiger partial charge in [0.2, 0.25) is 0 Å². The van der Waals surface area contributed by atoms with Crippen molar-refractivity contribution in [2.45, 2.75) is 25.4 Å². The van der Waals surface area contributed by atoms with Crippen LogP contribution >= 0.6 is 22.6 Å². The van der Waals surface area contributed by atoms with Crippen LogP contribution in [0.2, 0.25) is 0 Å². The van der Waals surface area contributed by atoms with Crippen molar-refractivity contribution in [3.05, 3.63) is 40.0 Å². The first-order valence-corrected chi connectivity index (χ1v) is 5.94. The van der Waals surface area contributed by atoms with Crippen LogP contribution in [-0.2, 0) is 0 Å². The first-order valence-electron chi connectivity index (χ1n) is 4.86. The number of nitrogens with zero attached hydrogens (tertiary/aromatic N) is 2. The minimum atomic E-state index is -0.307. The largest absolute Gasteiger partial charge is 0.324 e. The van der Waals surface area contributed by atoms with E-state index in [0.717, 1.165) is 9.53 Å². The highest BCUT2D eigenvalue weighted by molar-refractivity contribution is 14.1. The second-order valence-corrected chi connectivity index (χ2v) is 5.20. The molecular weight excluding hydrogens is 301 g/mol. The summed E-state index contributed by atoms with van der Waals surface area (Å²) >= 11 is 2.22. The second-order valence-electron chi connectivity index (χ2n) is 4.09. The van der Waals surface area contributed by atoms with Gasteiger partial charge in [-0.3, -0.25) is 0 Å². The fourth-order valence-corrected chi connectivity index (χ4v) is 2.32. The van der Waals surface area contributed by atoms with Crippen LogP contribution in [0.15, 0.2) is 30.5 Å². The van der Waals surface area contributed by atoms with Crippen molar-refractivity contribution in [2.24, 2.45) is 5.73 Å². The lowest BCUT2D eigenvalue weighted by molar-refractivity contribution is 0.639. The number of nitrogens with two attached hydrogens (primary N) is 1. The maximum absolute atomic E-state index is 5.96. The standard InChI is InChI=1S/C11H14IN3/c1-8-14-10(12)7-15(8)9-3-5-11(2,13)6-4-9/h3-7,9H,13H2,1-2H3. The summed E-state index contributed by atoms with van der Waals surface area (Å²) in [6.45, 7) is 4.00. The van der Waals surface area contributed by atoms with E-state index in [2.05, 4.69) is 50.5 Å². The normalized spacial score (nSPS) is 29.7. The molecule has 0 fully saturated rings. The van der Waals surface area contributed by atoms with Gasteiger partial charge in [0.25, 0.3) is 0 Å². The number of allylic oxidation sites excluding steroid dienone is 2. The lowest BCUT2D eigenvalue weighted by Gasteiger charge is -2.23. The van der Waals surface area contributed by atoms with Crippen LogP contribution in [0.5, 0.6) is 0 Å². The summed E-state index contributed by atoms with van der Waals surface area (Å²) in [4.78, 5) is 4.37. The van der Waals surface area contributed by atoms with E-state index in [4.69, 9.17) is 5.73 Å². The number of hydrogen-bond acceptors (Lipinski definition) is 2. The zero-order valence-corrected chi connectivity index (χ0v) is 11.0. The molecule has 0 atom stereocenters. The first-order chi connectivity index (χ1) is 6.98. The van der Waals surface area contributed by atoms with Gasteiger partial charge in [0.1, 0.15) is 9.53 Å². The molecule has 15 heavy (non-hydrogen) atoms. The van der Waals surface area contributed by atoms with Crippen LogP contribution in [0.1, 0.15) is 18.8 Å². The van der Waals surface area contributed by atoms with Crippen molar-refractivity contribution >= 4 is 22.6 Å². The molecular formula is C11H14IN3. The van der Waals surface area contributed by atoms with Gasteiger partial charge in [0.15, 0.2) is 0 Å². The summed E-state index contributed by atoms with van der Waals surface area (Å²) in [5, 5.41) is 0. The molecule has 1 aromatic heterocycles. The van der Waals surface area contributed by atoms with Gasteiger partial charge >= 0.3 is 0 Å². The van der Waals surface area contributed by atoms with E-state index in [-0.39, 0.29) is 11.6 Å². The molecule has 1 heterocycles. The number of aryl methyl sites for hydroxylation is 1. The zero-order valence-electron chi connectivity index (χ0n) is 8.81. The molecule has 1 aliphatic carbocycles. The molecule has 1 aromatic rings. The Hall–Kier alpha value is -0.620. The Kier molecular flexibility index (Phi) is 2.72. The summed E-state index contributed by atoms with van der Waals surface area (Å²) in [6.07, 6.45) is 10.3. The van der Waals surface area contributed by atoms with Gasteiger partial charge in [-0.1, -0.05) is 24.3 Å². The van der Waals surface area contributed by atoms with Crippen LogP contribution in [0, 0.1) is 10.6 Å². The van der Waals surface area contributed by atoms with Crippen molar-refractivity contribution in [1.82, 2.24) is 9.55 Å². The SMILES string of the molecule is Cc1nc(I)cn1C1C=CC(C)(N)C=C1. The molecule has 1 aliphatic rings. The number of rotatable bonds is 1. The van der Waals surface area contributed by atoms with Crippen LogP contribution in [-0.4, -0.2) is 15.1 Å². The maximum atomic E-state index is 5.96. The van der Waals surface area contributed by atoms with Crippen LogP contribution in [0.3, 0.4) is 0 Å². The Morgan fingerprint density at radius 1 is 1.47 bits per heavy atom. The van der Waals surface area contributed by atoms with Crippen molar-refractivity contribution in [3.8, 4) is 0 Å². The molecule has 0 spiro atoms. The predicted octanol–water partition coefficient (Wildman–Crippen LogP) is 2.18. The fourth-order valence-electron chi connectivity index (χ4n) is 1.67. The first kappa shape index (κ1) is 10.9. The molecule has 0 aromatic carbocycles. The monoisotopic (exact) mass is 315 g/mol. The summed E-state index contributed by atoms with van der Waals surface area (Å²) in [6, 6.07) is 0.248. The van der Waals surface area contributed by atoms with E-state index >= 15 is 0 Å². The molecule has 80 valence electrons. The Morgan fingerprint density at radius 3 is 2.53 bits per heavy atom. The lowest BCUT2D eigenvalue weighted by atomic mass is 9.95. The summed E-state index contributed by atoms with van der Waals surface area (Å²) < 4.78 is 3.16. The highest BCUT2D eigenvalue weighted by atomic mass is 127. The third-order valence-corrected chi connectivity index (χ3v) is 3.03. The van der Waals surface area contributed by atoms with Gasteiger partial charge in [-0.05, 0) is 36.4 Å². The third-order valence-electron chi connectivity index (χ3n) is 2.51. The number of imidazole rings is 1. The van der Waals surface area contributed by atoms with E-state index in [1.807, 2.05) is 26.0 Å². The van der Waals surface area contributed by atoms with Gasteiger partial charge in [0, 0.05) is 11.7 Å². The van der Waals surface area contributed by atoms with Gasteiger partial charge < -0.3 is 10.3 Å². The van der Waals surface area contributed by atoms with E-state index in [0.29, 0.717) is 0 Å². The van der Waals surface area contributed by atoms with Gasteiger partial charge in [-0.25, -0.2) is 4.98 Å². The third kappa shape index (κ3) is 2.31. The fraction of sp³-hybridized carbons (Fsp3) is 0.364. The Labute approximate surface area is 103 Å². The predicted molar refractivity (Wildman–Crippen MR) is 69.6 cm³/mol. The molecule has 0 saturated heterocycles. The van der Waals surface area contributed by atoms with Crippen molar-refractivity contribution < 1.29 is 0 Å². The van der Waals surface area contributed by atoms with Crippen molar-refractivity contribution in [2.75, 3.05) is 0 Å². The molecule has 0 aliphatic heterocycles. The minimum absolute atomic E-state index is 0.248. The topological polar surface area (TPSA) is 43.8 Å². The molecule has 2 rings (SSSR count). The smallest absolute Gasteiger partial charge is 0.119 e. The van der Waals surface area contributed by atoms with E-state index in [9.17, 15) is 0 Å². The van der Waals surface area contributed by atoms with Crippen LogP contribution < -0.4 is 5.73 Å². The van der Waals surface area contributed by atoms with Gasteiger partial charge in [0.05, 0.1) is 6.04 Å². The number of halogens is 1. The summed E-state index contributed by atoms with van der Waals surface area (Å²) in [7, 11) is 0. The lowest BCUT2D eigenvalue weighted by Crippen LogP contribution is -2.33. The zero-order chi connectivity index (χ0) is 11.1. The van der Waals surface area contributed by atoms with E-state index in [1.165, 1.54) is 0 Å². The number of aromatic nitrogens is 2. The van der Waals surface area contributed by atoms with Gasteiger partial charge in [-0.15, -0.1) is 0 Å². The number of hydrogen-bond donors (Lipinski definition) is 1. The van der Waals surface area contributed by atoms with E-state index in [1.54, 1.807) is 0 Å². The summed E-state index contributed by atoms with van der Waals surface area (Å²) in [5.74, 6) is 1.03. The quantitative estimate of drug-likeness (QED) is 0.638. The Morgan fingerprint density at radius 2 is 2.07 bits per heavy atom. The molecule has 0 bridgehead atoms. The molecule has 0 radical (unpaired) electrons. The average molecular weight is 315 g/mol. The molecule has 0 amide bonds. The molecule has 4 heteroatoms. The molecule has 0 saturated carbocycles. The Balaban J connectivity index is 2.28. The highest BCUT2D eigenvalue weighted by Gasteiger charge is 2.17. The minimum Gasteiger partial charge on any atom is -0.324 e.